The summed E-state index contributed by atoms with van der Waals surface area (Å²) in [5, 5.41) is 0. The van der Waals surface area contributed by atoms with Crippen LogP contribution in [0.5, 0.6) is 0 Å². The molecule has 2 amide bonds. The Morgan fingerprint density at radius 3 is 2.36 bits per heavy atom. The van der Waals surface area contributed by atoms with Gasteiger partial charge in [-0.05, 0) is 24.6 Å². The summed E-state index contributed by atoms with van der Waals surface area (Å²) in [6.45, 7) is 2.41. The van der Waals surface area contributed by atoms with Gasteiger partial charge in [0, 0.05) is 12.5 Å². The largest absolute Gasteiger partial charge is 0.310 e. The molecule has 0 aliphatic carbocycles. The molecule has 0 aromatic heterocycles. The molecule has 3 rings (SSSR count). The lowest BCUT2D eigenvalue weighted by atomic mass is 10.1. The Kier molecular flexibility index (Phi) is 3.92. The average Bonchev–Trinajstić information content (AvgIpc) is 2.63. The van der Waals surface area contributed by atoms with Crippen LogP contribution in [0.3, 0.4) is 0 Å². The highest BCUT2D eigenvalue weighted by Gasteiger charge is 2.30. The van der Waals surface area contributed by atoms with Gasteiger partial charge in [0.25, 0.3) is 0 Å². The normalized spacial score (nSPS) is 17.9. The summed E-state index contributed by atoms with van der Waals surface area (Å²) in [6.07, 6.45) is 1.13. The van der Waals surface area contributed by atoms with Gasteiger partial charge in [0.05, 0.1) is 17.9 Å². The van der Waals surface area contributed by atoms with Gasteiger partial charge in [-0.2, -0.15) is 0 Å². The topological polar surface area (TPSA) is 40.6 Å². The van der Waals surface area contributed by atoms with Crippen molar-refractivity contribution in [1.29, 1.82) is 0 Å². The maximum atomic E-state index is 12.6. The molecule has 0 fully saturated rings. The number of rotatable bonds is 3. The Labute approximate surface area is 130 Å². The van der Waals surface area contributed by atoms with E-state index in [1.165, 1.54) is 0 Å². The molecule has 4 heteroatoms. The number of para-hydroxylation sites is 2. The standard InChI is InChI=1S/C18H18N2O2/c1-14-11-18(22)19(12-15-7-3-2-4-8-15)16-9-5-6-10-17(16)20(14)13-21/h2-10,13-14H,11-12H2,1H3/t14-/m1/s1. The van der Waals surface area contributed by atoms with Crippen LogP contribution in [-0.4, -0.2) is 18.4 Å². The number of hydrogen-bond acceptors (Lipinski definition) is 2. The second-order valence-electron chi connectivity index (χ2n) is 5.52. The van der Waals surface area contributed by atoms with Crippen LogP contribution in [0.25, 0.3) is 0 Å². The first-order valence-electron chi connectivity index (χ1n) is 7.37. The molecule has 1 atom stereocenters. The highest BCUT2D eigenvalue weighted by atomic mass is 16.2. The third kappa shape index (κ3) is 2.60. The van der Waals surface area contributed by atoms with E-state index < -0.39 is 0 Å². The number of carbonyl (C=O) groups is 2. The fourth-order valence-electron chi connectivity index (χ4n) is 2.84. The lowest BCUT2D eigenvalue weighted by Crippen LogP contribution is -2.34. The van der Waals surface area contributed by atoms with E-state index in [9.17, 15) is 9.59 Å². The van der Waals surface area contributed by atoms with Gasteiger partial charge in [-0.1, -0.05) is 42.5 Å². The molecular weight excluding hydrogens is 276 g/mol. The van der Waals surface area contributed by atoms with Crippen LogP contribution in [0.4, 0.5) is 11.4 Å². The Hall–Kier alpha value is -2.62. The summed E-state index contributed by atoms with van der Waals surface area (Å²) in [5.74, 6) is 0.0353. The maximum absolute atomic E-state index is 12.6. The van der Waals surface area contributed by atoms with E-state index in [1.807, 2.05) is 61.5 Å². The van der Waals surface area contributed by atoms with Crippen molar-refractivity contribution in [3.05, 3.63) is 60.2 Å². The summed E-state index contributed by atoms with van der Waals surface area (Å²) in [7, 11) is 0. The van der Waals surface area contributed by atoms with Crippen molar-refractivity contribution in [1.82, 2.24) is 0 Å². The van der Waals surface area contributed by atoms with E-state index in [0.29, 0.717) is 13.0 Å². The number of benzene rings is 2. The lowest BCUT2D eigenvalue weighted by molar-refractivity contribution is -0.118. The first kappa shape index (κ1) is 14.3. The Morgan fingerprint density at radius 2 is 1.68 bits per heavy atom. The average molecular weight is 294 g/mol. The number of hydrogen-bond donors (Lipinski definition) is 0. The van der Waals surface area contributed by atoms with Crippen molar-refractivity contribution in [2.45, 2.75) is 25.9 Å². The monoisotopic (exact) mass is 294 g/mol. The van der Waals surface area contributed by atoms with Crippen molar-refractivity contribution >= 4 is 23.7 Å². The molecule has 0 spiro atoms. The molecule has 0 N–H and O–H groups in total. The molecule has 1 aliphatic heterocycles. The first-order valence-corrected chi connectivity index (χ1v) is 7.37. The minimum Gasteiger partial charge on any atom is -0.310 e. The van der Waals surface area contributed by atoms with Crippen LogP contribution in [-0.2, 0) is 16.1 Å². The van der Waals surface area contributed by atoms with E-state index in [0.717, 1.165) is 23.3 Å². The van der Waals surface area contributed by atoms with Crippen LogP contribution in [0.15, 0.2) is 54.6 Å². The fraction of sp³-hybridized carbons (Fsp3) is 0.222. The van der Waals surface area contributed by atoms with Crippen LogP contribution >= 0.6 is 0 Å². The molecule has 0 bridgehead atoms. The zero-order chi connectivity index (χ0) is 15.5. The molecule has 1 aliphatic rings. The number of carbonyl (C=O) groups excluding carboxylic acids is 2. The van der Waals surface area contributed by atoms with Crippen LogP contribution in [0.1, 0.15) is 18.9 Å². The van der Waals surface area contributed by atoms with Gasteiger partial charge in [0.15, 0.2) is 0 Å². The van der Waals surface area contributed by atoms with Gasteiger partial charge >= 0.3 is 0 Å². The number of anilines is 2. The highest BCUT2D eigenvalue weighted by Crippen LogP contribution is 2.34. The van der Waals surface area contributed by atoms with Gasteiger partial charge in [-0.25, -0.2) is 0 Å². The van der Waals surface area contributed by atoms with Crippen molar-refractivity contribution in [2.75, 3.05) is 9.80 Å². The first-order chi connectivity index (χ1) is 10.7. The Balaban J connectivity index is 2.04. The third-order valence-electron chi connectivity index (χ3n) is 3.99. The van der Waals surface area contributed by atoms with E-state index in [2.05, 4.69) is 0 Å². The summed E-state index contributed by atoms with van der Waals surface area (Å²) < 4.78 is 0. The minimum absolute atomic E-state index is 0.0353. The van der Waals surface area contributed by atoms with Crippen molar-refractivity contribution < 1.29 is 9.59 Å². The summed E-state index contributed by atoms with van der Waals surface area (Å²) in [5.41, 5.74) is 2.64. The lowest BCUT2D eigenvalue weighted by Gasteiger charge is -2.24. The van der Waals surface area contributed by atoms with Crippen molar-refractivity contribution in [3.63, 3.8) is 0 Å². The molecule has 0 saturated carbocycles. The van der Waals surface area contributed by atoms with Gasteiger partial charge in [-0.15, -0.1) is 0 Å². The highest BCUT2D eigenvalue weighted by molar-refractivity contribution is 6.01. The molecule has 4 nitrogen and oxygen atoms in total. The molecule has 0 saturated heterocycles. The zero-order valence-corrected chi connectivity index (χ0v) is 12.5. The molecular formula is C18H18N2O2. The minimum atomic E-state index is -0.146. The molecule has 2 aromatic rings. The quantitative estimate of drug-likeness (QED) is 0.817. The molecule has 22 heavy (non-hydrogen) atoms. The SMILES string of the molecule is C[C@@H]1CC(=O)N(Cc2ccccc2)c2ccccc2N1C=O. The molecule has 112 valence electrons. The van der Waals surface area contributed by atoms with Crippen LogP contribution in [0, 0.1) is 0 Å². The van der Waals surface area contributed by atoms with E-state index >= 15 is 0 Å². The van der Waals surface area contributed by atoms with E-state index in [4.69, 9.17) is 0 Å². The van der Waals surface area contributed by atoms with Gasteiger partial charge in [0.1, 0.15) is 0 Å². The third-order valence-corrected chi connectivity index (χ3v) is 3.99. The smallest absolute Gasteiger partial charge is 0.229 e. The van der Waals surface area contributed by atoms with Gasteiger partial charge in [0.2, 0.25) is 12.3 Å². The second kappa shape index (κ2) is 6.02. The zero-order valence-electron chi connectivity index (χ0n) is 12.5. The van der Waals surface area contributed by atoms with Gasteiger partial charge < -0.3 is 9.80 Å². The number of amides is 2. The van der Waals surface area contributed by atoms with Gasteiger partial charge in [-0.3, -0.25) is 9.59 Å². The van der Waals surface area contributed by atoms with Crippen molar-refractivity contribution in [2.24, 2.45) is 0 Å². The molecule has 1 heterocycles. The van der Waals surface area contributed by atoms with Crippen LogP contribution < -0.4 is 9.80 Å². The fourth-order valence-corrected chi connectivity index (χ4v) is 2.84. The predicted molar refractivity (Wildman–Crippen MR) is 86.7 cm³/mol. The second-order valence-corrected chi connectivity index (χ2v) is 5.52. The Morgan fingerprint density at radius 1 is 1.05 bits per heavy atom. The van der Waals surface area contributed by atoms with Crippen LogP contribution in [0.2, 0.25) is 0 Å². The van der Waals surface area contributed by atoms with E-state index in [1.54, 1.807) is 9.80 Å². The summed E-state index contributed by atoms with van der Waals surface area (Å²) in [6, 6.07) is 17.3. The Bertz CT molecular complexity index is 684. The van der Waals surface area contributed by atoms with E-state index in [-0.39, 0.29) is 11.9 Å². The summed E-state index contributed by atoms with van der Waals surface area (Å²) in [4.78, 5) is 27.5. The van der Waals surface area contributed by atoms with Crippen molar-refractivity contribution in [3.8, 4) is 0 Å². The number of fused-ring (bicyclic) bond motifs is 1. The predicted octanol–water partition coefficient (Wildman–Crippen LogP) is 2.97. The molecule has 0 unspecified atom stereocenters. The molecule has 0 radical (unpaired) electrons. The maximum Gasteiger partial charge on any atom is 0.229 e. The summed E-state index contributed by atoms with van der Waals surface area (Å²) >= 11 is 0. The number of nitrogens with zero attached hydrogens (tertiary/aromatic N) is 2. The molecule has 2 aromatic carbocycles.